The summed E-state index contributed by atoms with van der Waals surface area (Å²) in [4.78, 5) is 5.80. The molecule has 1 aliphatic heterocycles. The number of anilines is 1. The Balaban J connectivity index is 2.09. The van der Waals surface area contributed by atoms with Crippen LogP contribution in [0.4, 0.5) is 19.0 Å². The Morgan fingerprint density at radius 2 is 2.16 bits per heavy atom. The molecule has 0 aliphatic carbocycles. The summed E-state index contributed by atoms with van der Waals surface area (Å²) < 4.78 is 38.2. The van der Waals surface area contributed by atoms with Crippen molar-refractivity contribution in [1.82, 2.24) is 4.98 Å². The number of pyridine rings is 1. The Morgan fingerprint density at radius 1 is 1.42 bits per heavy atom. The van der Waals surface area contributed by atoms with Gasteiger partial charge >= 0.3 is 6.18 Å². The van der Waals surface area contributed by atoms with E-state index in [0.717, 1.165) is 0 Å². The largest absolute Gasteiger partial charge is 0.393 e. The highest BCUT2D eigenvalue weighted by Gasteiger charge is 2.41. The minimum atomic E-state index is -4.14. The van der Waals surface area contributed by atoms with E-state index in [0.29, 0.717) is 24.3 Å². The number of hydrogen-bond acceptors (Lipinski definition) is 3. The van der Waals surface area contributed by atoms with Crippen LogP contribution in [0.3, 0.4) is 0 Å². The number of rotatable bonds is 2. The predicted molar refractivity (Wildman–Crippen MR) is 65.9 cm³/mol. The van der Waals surface area contributed by atoms with Crippen LogP contribution in [0.15, 0.2) is 18.3 Å². The molecule has 1 fully saturated rings. The highest BCUT2D eigenvalue weighted by molar-refractivity contribution is 5.40. The number of alkyl halides is 3. The molecular formula is C13H17F3N2O. The summed E-state index contributed by atoms with van der Waals surface area (Å²) in [5.41, 5.74) is 0.660. The highest BCUT2D eigenvalue weighted by atomic mass is 19.4. The average Bonchev–Trinajstić information content (AvgIpc) is 2.38. The molecule has 3 nitrogen and oxygen atoms in total. The Hall–Kier alpha value is -1.30. The van der Waals surface area contributed by atoms with Crippen LogP contribution >= 0.6 is 0 Å². The van der Waals surface area contributed by atoms with E-state index in [2.05, 4.69) is 4.98 Å². The zero-order valence-corrected chi connectivity index (χ0v) is 10.7. The van der Waals surface area contributed by atoms with Crippen LogP contribution in [0.2, 0.25) is 0 Å². The highest BCUT2D eigenvalue weighted by Crippen LogP contribution is 2.34. The maximum atomic E-state index is 12.7. The summed E-state index contributed by atoms with van der Waals surface area (Å²) in [5, 5.41) is 9.37. The lowest BCUT2D eigenvalue weighted by Crippen LogP contribution is -2.42. The molecule has 2 atom stereocenters. The molecule has 1 aromatic heterocycles. The fraction of sp³-hybridized carbons (Fsp3) is 0.615. The van der Waals surface area contributed by atoms with Gasteiger partial charge in [-0.3, -0.25) is 0 Å². The van der Waals surface area contributed by atoms with Gasteiger partial charge in [-0.2, -0.15) is 13.2 Å². The van der Waals surface area contributed by atoms with Gasteiger partial charge in [0.1, 0.15) is 5.82 Å². The number of halogens is 3. The van der Waals surface area contributed by atoms with Gasteiger partial charge in [0, 0.05) is 19.3 Å². The number of hydrogen-bond donors (Lipinski definition) is 1. The fourth-order valence-corrected chi connectivity index (χ4v) is 2.28. The minimum absolute atomic E-state index is 0.0372. The predicted octanol–water partition coefficient (Wildman–Crippen LogP) is 2.91. The first-order chi connectivity index (χ1) is 8.88. The molecule has 1 aromatic rings. The van der Waals surface area contributed by atoms with Crippen molar-refractivity contribution >= 4 is 5.82 Å². The second kappa shape index (κ2) is 5.36. The van der Waals surface area contributed by atoms with Gasteiger partial charge < -0.3 is 10.0 Å². The van der Waals surface area contributed by atoms with Gasteiger partial charge in [-0.15, -0.1) is 0 Å². The minimum Gasteiger partial charge on any atom is -0.389 e. The van der Waals surface area contributed by atoms with Crippen molar-refractivity contribution in [3.63, 3.8) is 0 Å². The molecule has 1 N–H and O–H groups in total. The van der Waals surface area contributed by atoms with E-state index in [1.54, 1.807) is 24.0 Å². The van der Waals surface area contributed by atoms with Crippen molar-refractivity contribution in [3.8, 4) is 0 Å². The average molecular weight is 274 g/mol. The van der Waals surface area contributed by atoms with Crippen LogP contribution < -0.4 is 4.90 Å². The molecule has 1 saturated heterocycles. The van der Waals surface area contributed by atoms with Crippen molar-refractivity contribution in [3.05, 3.63) is 23.9 Å². The molecule has 0 amide bonds. The Kier molecular flexibility index (Phi) is 3.99. The van der Waals surface area contributed by atoms with Crippen molar-refractivity contribution in [2.45, 2.75) is 32.0 Å². The summed E-state index contributed by atoms with van der Waals surface area (Å²) in [6.45, 7) is 2.18. The van der Waals surface area contributed by atoms with Crippen molar-refractivity contribution in [2.24, 2.45) is 5.92 Å². The fourth-order valence-electron chi connectivity index (χ4n) is 2.28. The van der Waals surface area contributed by atoms with E-state index in [1.807, 2.05) is 0 Å². The zero-order valence-electron chi connectivity index (χ0n) is 10.7. The normalized spacial score (nSPS) is 22.4. The Bertz CT molecular complexity index is 417. The van der Waals surface area contributed by atoms with Crippen LogP contribution in [-0.4, -0.2) is 29.4 Å². The molecule has 19 heavy (non-hydrogen) atoms. The van der Waals surface area contributed by atoms with Gasteiger partial charge in [-0.1, -0.05) is 6.07 Å². The number of aromatic nitrogens is 1. The quantitative estimate of drug-likeness (QED) is 0.900. The van der Waals surface area contributed by atoms with Crippen molar-refractivity contribution in [1.29, 1.82) is 0 Å². The lowest BCUT2D eigenvalue weighted by atomic mass is 9.97. The second-order valence-corrected chi connectivity index (χ2v) is 4.95. The lowest BCUT2D eigenvalue weighted by Gasteiger charge is -2.34. The SMILES string of the molecule is CC(O)c1ccc(N2CCCC(C(F)(F)F)C2)nc1. The number of aliphatic hydroxyl groups excluding tert-OH is 1. The van der Waals surface area contributed by atoms with Crippen molar-refractivity contribution in [2.75, 3.05) is 18.0 Å². The molecule has 0 saturated carbocycles. The smallest absolute Gasteiger partial charge is 0.389 e. The van der Waals surface area contributed by atoms with E-state index in [-0.39, 0.29) is 13.0 Å². The van der Waals surface area contributed by atoms with Crippen LogP contribution in [0.1, 0.15) is 31.4 Å². The third kappa shape index (κ3) is 3.37. The molecular weight excluding hydrogens is 257 g/mol. The maximum absolute atomic E-state index is 12.7. The monoisotopic (exact) mass is 274 g/mol. The van der Waals surface area contributed by atoms with E-state index in [9.17, 15) is 18.3 Å². The summed E-state index contributed by atoms with van der Waals surface area (Å²) in [6, 6.07) is 3.37. The molecule has 6 heteroatoms. The molecule has 1 aliphatic rings. The van der Waals surface area contributed by atoms with Gasteiger partial charge in [-0.25, -0.2) is 4.98 Å². The Labute approximate surface area is 110 Å². The van der Waals surface area contributed by atoms with Crippen LogP contribution in [0, 0.1) is 5.92 Å². The molecule has 0 radical (unpaired) electrons. The Morgan fingerprint density at radius 3 is 2.68 bits per heavy atom. The van der Waals surface area contributed by atoms with Crippen LogP contribution in [0.5, 0.6) is 0 Å². The van der Waals surface area contributed by atoms with Gasteiger partial charge in [-0.05, 0) is 31.4 Å². The topological polar surface area (TPSA) is 36.4 Å². The lowest BCUT2D eigenvalue weighted by molar-refractivity contribution is -0.176. The molecule has 2 heterocycles. The number of nitrogens with zero attached hydrogens (tertiary/aromatic N) is 2. The van der Waals surface area contributed by atoms with E-state index in [4.69, 9.17) is 0 Å². The van der Waals surface area contributed by atoms with Gasteiger partial charge in [0.2, 0.25) is 0 Å². The second-order valence-electron chi connectivity index (χ2n) is 4.95. The maximum Gasteiger partial charge on any atom is 0.393 e. The van der Waals surface area contributed by atoms with Gasteiger partial charge in [0.25, 0.3) is 0 Å². The van der Waals surface area contributed by atoms with Crippen molar-refractivity contribution < 1.29 is 18.3 Å². The van der Waals surface area contributed by atoms with E-state index >= 15 is 0 Å². The first-order valence-electron chi connectivity index (χ1n) is 6.33. The summed E-state index contributed by atoms with van der Waals surface area (Å²) in [6.07, 6.45) is -2.55. The summed E-state index contributed by atoms with van der Waals surface area (Å²) in [7, 11) is 0. The summed E-state index contributed by atoms with van der Waals surface area (Å²) >= 11 is 0. The van der Waals surface area contributed by atoms with Gasteiger partial charge in [0.05, 0.1) is 12.0 Å². The third-order valence-corrected chi connectivity index (χ3v) is 3.46. The third-order valence-electron chi connectivity index (χ3n) is 3.46. The molecule has 0 aromatic carbocycles. The van der Waals surface area contributed by atoms with E-state index in [1.165, 1.54) is 6.20 Å². The molecule has 2 unspecified atom stereocenters. The first-order valence-corrected chi connectivity index (χ1v) is 6.33. The molecule has 106 valence electrons. The van der Waals surface area contributed by atoms with E-state index < -0.39 is 18.2 Å². The molecule has 0 spiro atoms. The van der Waals surface area contributed by atoms with Crippen LogP contribution in [-0.2, 0) is 0 Å². The first kappa shape index (κ1) is 14.1. The molecule has 2 rings (SSSR count). The zero-order chi connectivity index (χ0) is 14.0. The number of aliphatic hydroxyl groups is 1. The molecule has 0 bridgehead atoms. The standard InChI is InChI=1S/C13H17F3N2O/c1-9(19)10-4-5-12(17-7-10)18-6-2-3-11(8-18)13(14,15)16/h4-5,7,9,11,19H,2-3,6,8H2,1H3. The summed E-state index contributed by atoms with van der Waals surface area (Å²) in [5.74, 6) is -0.738. The van der Waals surface area contributed by atoms with Crippen LogP contribution in [0.25, 0.3) is 0 Å². The van der Waals surface area contributed by atoms with Gasteiger partial charge in [0.15, 0.2) is 0 Å². The number of piperidine rings is 1.